The Kier molecular flexibility index (Phi) is 3.88. The van der Waals surface area contributed by atoms with Crippen molar-refractivity contribution in [3.8, 4) is 0 Å². The Morgan fingerprint density at radius 3 is 2.29 bits per heavy atom. The van der Waals surface area contributed by atoms with Gasteiger partial charge in [0.15, 0.2) is 0 Å². The molecule has 1 unspecified atom stereocenters. The molecular formula is C14H26N2O. The van der Waals surface area contributed by atoms with Crippen molar-refractivity contribution in [1.82, 2.24) is 9.80 Å². The first-order chi connectivity index (χ1) is 7.97. The average molecular weight is 238 g/mol. The van der Waals surface area contributed by atoms with E-state index in [4.69, 9.17) is 0 Å². The molecule has 1 heterocycles. The molecule has 0 aromatic heterocycles. The van der Waals surface area contributed by atoms with E-state index in [-0.39, 0.29) is 5.54 Å². The van der Waals surface area contributed by atoms with Crippen LogP contribution in [0.2, 0.25) is 0 Å². The van der Waals surface area contributed by atoms with Gasteiger partial charge in [0, 0.05) is 50.6 Å². The number of rotatable bonds is 2. The van der Waals surface area contributed by atoms with Crippen LogP contribution in [0, 0.1) is 5.92 Å². The summed E-state index contributed by atoms with van der Waals surface area (Å²) < 4.78 is 0. The number of hydrogen-bond acceptors (Lipinski definition) is 3. The minimum atomic E-state index is 0.287. The number of nitrogens with zero attached hydrogens (tertiary/aromatic N) is 2. The lowest BCUT2D eigenvalue weighted by Crippen LogP contribution is -2.54. The topological polar surface area (TPSA) is 23.6 Å². The van der Waals surface area contributed by atoms with Crippen molar-refractivity contribution in [2.24, 2.45) is 5.92 Å². The Bertz CT molecular complexity index is 274. The minimum absolute atomic E-state index is 0.287. The number of ketones is 1. The molecule has 2 rings (SSSR count). The number of hydrogen-bond donors (Lipinski definition) is 0. The van der Waals surface area contributed by atoms with Crippen LogP contribution >= 0.6 is 0 Å². The summed E-state index contributed by atoms with van der Waals surface area (Å²) in [5.41, 5.74) is 0.287. The molecule has 1 saturated heterocycles. The van der Waals surface area contributed by atoms with Crippen molar-refractivity contribution in [3.63, 3.8) is 0 Å². The van der Waals surface area contributed by atoms with E-state index in [2.05, 4.69) is 30.6 Å². The molecular weight excluding hydrogens is 212 g/mol. The Labute approximate surface area is 105 Å². The van der Waals surface area contributed by atoms with Crippen LogP contribution in [0.4, 0.5) is 0 Å². The van der Waals surface area contributed by atoms with Crippen molar-refractivity contribution < 1.29 is 4.79 Å². The summed E-state index contributed by atoms with van der Waals surface area (Å²) in [5.74, 6) is 0.847. The van der Waals surface area contributed by atoms with E-state index in [1.807, 2.05) is 0 Å². The third-order valence-corrected chi connectivity index (χ3v) is 4.23. The van der Waals surface area contributed by atoms with Gasteiger partial charge in [-0.3, -0.25) is 9.69 Å². The van der Waals surface area contributed by atoms with Gasteiger partial charge in [0.05, 0.1) is 0 Å². The molecule has 0 bridgehead atoms. The number of Topliss-reactive ketones (excluding diaryl/α,β-unsaturated/α-hetero) is 1. The molecule has 1 aliphatic carbocycles. The molecule has 0 N–H and O–H groups in total. The van der Waals surface area contributed by atoms with Crippen LogP contribution < -0.4 is 0 Å². The van der Waals surface area contributed by atoms with Crippen LogP contribution in [0.25, 0.3) is 0 Å². The summed E-state index contributed by atoms with van der Waals surface area (Å²) in [6, 6.07) is 0. The van der Waals surface area contributed by atoms with Gasteiger partial charge in [-0.1, -0.05) is 0 Å². The number of carbonyl (C=O) groups excluding carboxylic acids is 1. The summed E-state index contributed by atoms with van der Waals surface area (Å²) in [7, 11) is 0. The van der Waals surface area contributed by atoms with Crippen LogP contribution in [-0.2, 0) is 4.79 Å². The molecule has 3 nitrogen and oxygen atoms in total. The maximum atomic E-state index is 11.6. The third kappa shape index (κ3) is 3.29. The fourth-order valence-electron chi connectivity index (χ4n) is 2.99. The smallest absolute Gasteiger partial charge is 0.137 e. The lowest BCUT2D eigenvalue weighted by Gasteiger charge is -2.42. The van der Waals surface area contributed by atoms with Crippen LogP contribution in [0.15, 0.2) is 0 Å². The first-order valence-corrected chi connectivity index (χ1v) is 6.97. The van der Waals surface area contributed by atoms with E-state index >= 15 is 0 Å². The van der Waals surface area contributed by atoms with Gasteiger partial charge in [0.1, 0.15) is 5.78 Å². The second-order valence-electron chi connectivity index (χ2n) is 6.51. The zero-order valence-corrected chi connectivity index (χ0v) is 11.5. The van der Waals surface area contributed by atoms with E-state index in [1.165, 1.54) is 0 Å². The van der Waals surface area contributed by atoms with Crippen molar-refractivity contribution >= 4 is 5.78 Å². The largest absolute Gasteiger partial charge is 0.300 e. The van der Waals surface area contributed by atoms with E-state index in [0.29, 0.717) is 11.7 Å². The molecule has 1 aliphatic heterocycles. The van der Waals surface area contributed by atoms with Gasteiger partial charge in [-0.25, -0.2) is 0 Å². The number of piperazine rings is 1. The summed E-state index contributed by atoms with van der Waals surface area (Å²) in [6.45, 7) is 12.4. The monoisotopic (exact) mass is 238 g/mol. The lowest BCUT2D eigenvalue weighted by atomic mass is 10.0. The van der Waals surface area contributed by atoms with Gasteiger partial charge in [0.2, 0.25) is 0 Å². The van der Waals surface area contributed by atoms with Gasteiger partial charge >= 0.3 is 0 Å². The Morgan fingerprint density at radius 2 is 1.82 bits per heavy atom. The average Bonchev–Trinajstić information content (AvgIpc) is 2.64. The van der Waals surface area contributed by atoms with E-state index in [9.17, 15) is 4.79 Å². The Morgan fingerprint density at radius 1 is 1.18 bits per heavy atom. The zero-order valence-electron chi connectivity index (χ0n) is 11.5. The molecule has 3 heteroatoms. The van der Waals surface area contributed by atoms with Crippen molar-refractivity contribution in [3.05, 3.63) is 0 Å². The molecule has 17 heavy (non-hydrogen) atoms. The predicted octanol–water partition coefficient (Wildman–Crippen LogP) is 1.77. The molecule has 0 aromatic carbocycles. The van der Waals surface area contributed by atoms with E-state index < -0.39 is 0 Å². The first kappa shape index (κ1) is 13.0. The molecule has 98 valence electrons. The van der Waals surface area contributed by atoms with E-state index in [0.717, 1.165) is 52.0 Å². The maximum absolute atomic E-state index is 11.6. The Balaban J connectivity index is 1.77. The summed E-state index contributed by atoms with van der Waals surface area (Å²) >= 11 is 0. The van der Waals surface area contributed by atoms with Gasteiger partial charge < -0.3 is 4.90 Å². The number of carbonyl (C=O) groups is 1. The highest BCUT2D eigenvalue weighted by Gasteiger charge is 2.30. The van der Waals surface area contributed by atoms with Crippen molar-refractivity contribution in [2.45, 2.75) is 45.6 Å². The standard InChI is InChI=1S/C14H26N2O/c1-14(2,3)16-9-7-15(8-10-16)11-12-5-4-6-13(12)17/h12H,4-11H2,1-3H3. The molecule has 0 amide bonds. The second-order valence-corrected chi connectivity index (χ2v) is 6.51. The van der Waals surface area contributed by atoms with Crippen molar-refractivity contribution in [1.29, 1.82) is 0 Å². The SMILES string of the molecule is CC(C)(C)N1CCN(CC2CCCC2=O)CC1. The normalized spacial score (nSPS) is 28.9. The quantitative estimate of drug-likeness (QED) is 0.732. The molecule has 0 aromatic rings. The van der Waals surface area contributed by atoms with Crippen LogP contribution in [0.1, 0.15) is 40.0 Å². The molecule has 0 spiro atoms. The van der Waals surface area contributed by atoms with Crippen LogP contribution in [-0.4, -0.2) is 53.8 Å². The minimum Gasteiger partial charge on any atom is -0.300 e. The predicted molar refractivity (Wildman–Crippen MR) is 70.1 cm³/mol. The van der Waals surface area contributed by atoms with Crippen molar-refractivity contribution in [2.75, 3.05) is 32.7 Å². The van der Waals surface area contributed by atoms with E-state index in [1.54, 1.807) is 0 Å². The molecule has 1 saturated carbocycles. The van der Waals surface area contributed by atoms with Gasteiger partial charge in [-0.05, 0) is 33.6 Å². The first-order valence-electron chi connectivity index (χ1n) is 6.97. The fraction of sp³-hybridized carbons (Fsp3) is 0.929. The third-order valence-electron chi connectivity index (χ3n) is 4.23. The molecule has 2 fully saturated rings. The highest BCUT2D eigenvalue weighted by Crippen LogP contribution is 2.23. The molecule has 2 aliphatic rings. The summed E-state index contributed by atoms with van der Waals surface area (Å²) in [6.07, 6.45) is 3.07. The second kappa shape index (κ2) is 5.07. The maximum Gasteiger partial charge on any atom is 0.137 e. The Hall–Kier alpha value is -0.410. The zero-order chi connectivity index (χ0) is 12.5. The molecule has 1 atom stereocenters. The highest BCUT2D eigenvalue weighted by atomic mass is 16.1. The van der Waals surface area contributed by atoms with Crippen LogP contribution in [0.3, 0.4) is 0 Å². The highest BCUT2D eigenvalue weighted by molar-refractivity contribution is 5.83. The lowest BCUT2D eigenvalue weighted by molar-refractivity contribution is -0.121. The summed E-state index contributed by atoms with van der Waals surface area (Å²) in [4.78, 5) is 16.7. The van der Waals surface area contributed by atoms with Gasteiger partial charge in [-0.2, -0.15) is 0 Å². The summed E-state index contributed by atoms with van der Waals surface area (Å²) in [5, 5.41) is 0. The van der Waals surface area contributed by atoms with Gasteiger partial charge in [0.25, 0.3) is 0 Å². The fourth-order valence-corrected chi connectivity index (χ4v) is 2.99. The van der Waals surface area contributed by atoms with Gasteiger partial charge in [-0.15, -0.1) is 0 Å². The van der Waals surface area contributed by atoms with Crippen LogP contribution in [0.5, 0.6) is 0 Å². The molecule has 0 radical (unpaired) electrons.